The van der Waals surface area contributed by atoms with Crippen LogP contribution in [0.5, 0.6) is 0 Å². The van der Waals surface area contributed by atoms with Gasteiger partial charge in [-0.2, -0.15) is 0 Å². The molecule has 4 nitrogen and oxygen atoms in total. The van der Waals surface area contributed by atoms with Gasteiger partial charge in [-0.05, 0) is 37.1 Å². The summed E-state index contributed by atoms with van der Waals surface area (Å²) in [6.45, 7) is 3.76. The number of halogens is 1. The molecule has 18 heavy (non-hydrogen) atoms. The Morgan fingerprint density at radius 3 is 2.67 bits per heavy atom. The molecule has 0 aliphatic heterocycles. The molecular formula is C13H16ClNO3. The number of amides is 1. The highest BCUT2D eigenvalue weighted by Crippen LogP contribution is 2.15. The minimum Gasteiger partial charge on any atom is -0.481 e. The highest BCUT2D eigenvalue weighted by molar-refractivity contribution is 6.30. The molecule has 1 aromatic rings. The molecule has 1 unspecified atom stereocenters. The van der Waals surface area contributed by atoms with E-state index >= 15 is 0 Å². The Morgan fingerprint density at radius 1 is 1.44 bits per heavy atom. The van der Waals surface area contributed by atoms with Crippen LogP contribution in [-0.2, 0) is 4.79 Å². The summed E-state index contributed by atoms with van der Waals surface area (Å²) in [5.74, 6) is -1.52. The molecule has 1 rings (SSSR count). The number of carboxylic acid groups (broad SMARTS) is 1. The number of carbonyl (C=O) groups excluding carboxylic acids is 1. The van der Waals surface area contributed by atoms with Crippen LogP contribution >= 0.6 is 11.6 Å². The van der Waals surface area contributed by atoms with E-state index < -0.39 is 11.9 Å². The molecular weight excluding hydrogens is 254 g/mol. The van der Waals surface area contributed by atoms with Crippen LogP contribution in [0.25, 0.3) is 0 Å². The number of carbonyl (C=O) groups is 2. The minimum absolute atomic E-state index is 0.207. The van der Waals surface area contributed by atoms with E-state index in [-0.39, 0.29) is 5.91 Å². The fourth-order valence-electron chi connectivity index (χ4n) is 1.50. The summed E-state index contributed by atoms with van der Waals surface area (Å²) in [5.41, 5.74) is 1.36. The molecule has 2 N–H and O–H groups in total. The largest absolute Gasteiger partial charge is 0.481 e. The topological polar surface area (TPSA) is 66.4 Å². The summed E-state index contributed by atoms with van der Waals surface area (Å²) < 4.78 is 0. The summed E-state index contributed by atoms with van der Waals surface area (Å²) in [7, 11) is 0. The van der Waals surface area contributed by atoms with Crippen molar-refractivity contribution in [3.8, 4) is 0 Å². The molecule has 0 aliphatic carbocycles. The van der Waals surface area contributed by atoms with E-state index in [9.17, 15) is 9.59 Å². The van der Waals surface area contributed by atoms with Gasteiger partial charge in [-0.3, -0.25) is 9.59 Å². The molecule has 0 saturated carbocycles. The van der Waals surface area contributed by atoms with Crippen molar-refractivity contribution in [2.24, 2.45) is 5.92 Å². The van der Waals surface area contributed by atoms with E-state index in [1.54, 1.807) is 32.0 Å². The average molecular weight is 270 g/mol. The zero-order valence-corrected chi connectivity index (χ0v) is 11.1. The van der Waals surface area contributed by atoms with Crippen molar-refractivity contribution < 1.29 is 14.7 Å². The molecule has 1 atom stereocenters. The highest BCUT2D eigenvalue weighted by Gasteiger charge is 2.12. The molecule has 0 aliphatic rings. The molecule has 1 amide bonds. The first-order chi connectivity index (χ1) is 8.41. The van der Waals surface area contributed by atoms with Crippen LogP contribution in [0.4, 0.5) is 0 Å². The van der Waals surface area contributed by atoms with Crippen LogP contribution in [0, 0.1) is 12.8 Å². The Hall–Kier alpha value is -1.55. The molecule has 98 valence electrons. The monoisotopic (exact) mass is 269 g/mol. The smallest absolute Gasteiger partial charge is 0.306 e. The maximum Gasteiger partial charge on any atom is 0.306 e. The Kier molecular flexibility index (Phi) is 5.16. The minimum atomic E-state index is -0.855. The maximum atomic E-state index is 11.8. The lowest BCUT2D eigenvalue weighted by molar-refractivity contribution is -0.141. The zero-order valence-electron chi connectivity index (χ0n) is 10.4. The van der Waals surface area contributed by atoms with Gasteiger partial charge >= 0.3 is 5.97 Å². The van der Waals surface area contributed by atoms with Gasteiger partial charge in [0.05, 0.1) is 5.92 Å². The predicted molar refractivity (Wildman–Crippen MR) is 69.9 cm³/mol. The number of hydrogen-bond acceptors (Lipinski definition) is 2. The summed E-state index contributed by atoms with van der Waals surface area (Å²) in [4.78, 5) is 22.4. The average Bonchev–Trinajstić information content (AvgIpc) is 2.28. The first-order valence-corrected chi connectivity index (χ1v) is 6.06. The lowest BCUT2D eigenvalue weighted by Crippen LogP contribution is -2.27. The second kappa shape index (κ2) is 6.40. The normalized spacial score (nSPS) is 11.9. The zero-order chi connectivity index (χ0) is 13.7. The highest BCUT2D eigenvalue weighted by atomic mass is 35.5. The number of rotatable bonds is 5. The second-order valence-electron chi connectivity index (χ2n) is 4.24. The van der Waals surface area contributed by atoms with E-state index in [0.717, 1.165) is 5.56 Å². The Bertz CT molecular complexity index is 460. The Labute approximate surface area is 111 Å². The van der Waals surface area contributed by atoms with Crippen LogP contribution in [0.2, 0.25) is 5.02 Å². The number of carboxylic acids is 1. The van der Waals surface area contributed by atoms with Crippen molar-refractivity contribution in [2.75, 3.05) is 6.54 Å². The van der Waals surface area contributed by atoms with Gasteiger partial charge in [0, 0.05) is 17.1 Å². The van der Waals surface area contributed by atoms with Gasteiger partial charge in [0.2, 0.25) is 0 Å². The van der Waals surface area contributed by atoms with Crippen molar-refractivity contribution >= 4 is 23.5 Å². The summed E-state index contributed by atoms with van der Waals surface area (Å²) in [6, 6.07) is 5.04. The van der Waals surface area contributed by atoms with Crippen LogP contribution < -0.4 is 5.32 Å². The Morgan fingerprint density at radius 2 is 2.11 bits per heavy atom. The maximum absolute atomic E-state index is 11.8. The molecule has 0 radical (unpaired) electrons. The SMILES string of the molecule is Cc1cc(Cl)ccc1C(=O)NCCC(C)C(=O)O. The Balaban J connectivity index is 2.53. The standard InChI is InChI=1S/C13H16ClNO3/c1-8(13(17)18)5-6-15-12(16)11-4-3-10(14)7-9(11)2/h3-4,7-8H,5-6H2,1-2H3,(H,15,16)(H,17,18). The third kappa shape index (κ3) is 4.04. The van der Waals surface area contributed by atoms with Crippen LogP contribution in [0.15, 0.2) is 18.2 Å². The van der Waals surface area contributed by atoms with Gasteiger partial charge in [-0.15, -0.1) is 0 Å². The van der Waals surface area contributed by atoms with Crippen molar-refractivity contribution in [1.82, 2.24) is 5.32 Å². The number of aliphatic carboxylic acids is 1. The number of hydrogen-bond donors (Lipinski definition) is 2. The molecule has 1 aromatic carbocycles. The predicted octanol–water partition coefficient (Wildman–Crippen LogP) is 2.49. The van der Waals surface area contributed by atoms with Crippen molar-refractivity contribution in [2.45, 2.75) is 20.3 Å². The second-order valence-corrected chi connectivity index (χ2v) is 4.68. The summed E-state index contributed by atoms with van der Waals surface area (Å²) >= 11 is 5.81. The van der Waals surface area contributed by atoms with Crippen molar-refractivity contribution in [1.29, 1.82) is 0 Å². The number of benzene rings is 1. The van der Waals surface area contributed by atoms with Gasteiger partial charge in [-0.1, -0.05) is 18.5 Å². The third-order valence-corrected chi connectivity index (χ3v) is 2.95. The molecule has 5 heteroatoms. The lowest BCUT2D eigenvalue weighted by atomic mass is 10.1. The van der Waals surface area contributed by atoms with E-state index in [2.05, 4.69) is 5.32 Å². The first kappa shape index (κ1) is 14.5. The van der Waals surface area contributed by atoms with Crippen LogP contribution in [0.1, 0.15) is 29.3 Å². The summed E-state index contributed by atoms with van der Waals surface area (Å²) in [6.07, 6.45) is 0.410. The van der Waals surface area contributed by atoms with E-state index in [1.165, 1.54) is 0 Å². The molecule has 0 heterocycles. The van der Waals surface area contributed by atoms with Gasteiger partial charge in [0.15, 0.2) is 0 Å². The van der Waals surface area contributed by atoms with Crippen molar-refractivity contribution in [3.05, 3.63) is 34.3 Å². The lowest BCUT2D eigenvalue weighted by Gasteiger charge is -2.09. The van der Waals surface area contributed by atoms with Crippen LogP contribution in [0.3, 0.4) is 0 Å². The summed E-state index contributed by atoms with van der Waals surface area (Å²) in [5, 5.41) is 12.0. The molecule has 0 spiro atoms. The van der Waals surface area contributed by atoms with Gasteiger partial charge < -0.3 is 10.4 Å². The van der Waals surface area contributed by atoms with Gasteiger partial charge in [-0.25, -0.2) is 0 Å². The van der Waals surface area contributed by atoms with Crippen LogP contribution in [-0.4, -0.2) is 23.5 Å². The fourth-order valence-corrected chi connectivity index (χ4v) is 1.73. The quantitative estimate of drug-likeness (QED) is 0.863. The fraction of sp³-hybridized carbons (Fsp3) is 0.385. The third-order valence-electron chi connectivity index (χ3n) is 2.72. The van der Waals surface area contributed by atoms with Crippen molar-refractivity contribution in [3.63, 3.8) is 0 Å². The molecule has 0 bridgehead atoms. The van der Waals surface area contributed by atoms with E-state index in [0.29, 0.717) is 23.6 Å². The molecule has 0 fully saturated rings. The van der Waals surface area contributed by atoms with E-state index in [1.807, 2.05) is 0 Å². The van der Waals surface area contributed by atoms with Gasteiger partial charge in [0.1, 0.15) is 0 Å². The number of nitrogens with one attached hydrogen (secondary N) is 1. The molecule has 0 aromatic heterocycles. The molecule has 0 saturated heterocycles. The van der Waals surface area contributed by atoms with E-state index in [4.69, 9.17) is 16.7 Å². The van der Waals surface area contributed by atoms with Gasteiger partial charge in [0.25, 0.3) is 5.91 Å². The number of aryl methyl sites for hydroxylation is 1. The first-order valence-electron chi connectivity index (χ1n) is 5.69.